The maximum absolute atomic E-state index is 12.4. The molecular formula is C19H20N4O5. The first-order chi connectivity index (χ1) is 13.2. The van der Waals surface area contributed by atoms with Crippen LogP contribution in [0.3, 0.4) is 0 Å². The highest BCUT2D eigenvalue weighted by molar-refractivity contribution is 6.02. The van der Waals surface area contributed by atoms with E-state index in [-0.39, 0.29) is 17.2 Å². The van der Waals surface area contributed by atoms with Gasteiger partial charge in [-0.15, -0.1) is 0 Å². The van der Waals surface area contributed by atoms with Crippen molar-refractivity contribution in [1.29, 1.82) is 0 Å². The van der Waals surface area contributed by atoms with Gasteiger partial charge in [-0.25, -0.2) is 0 Å². The summed E-state index contributed by atoms with van der Waals surface area (Å²) in [5.74, 6) is -1.30. The van der Waals surface area contributed by atoms with Gasteiger partial charge in [-0.2, -0.15) is 0 Å². The lowest BCUT2D eigenvalue weighted by molar-refractivity contribution is -0.384. The highest BCUT2D eigenvalue weighted by Crippen LogP contribution is 2.17. The molecule has 9 heteroatoms. The Morgan fingerprint density at radius 3 is 2.32 bits per heavy atom. The Balaban J connectivity index is 2.05. The van der Waals surface area contributed by atoms with E-state index >= 15 is 0 Å². The summed E-state index contributed by atoms with van der Waals surface area (Å²) in [4.78, 5) is 46.5. The van der Waals surface area contributed by atoms with E-state index in [4.69, 9.17) is 0 Å². The lowest BCUT2D eigenvalue weighted by Crippen LogP contribution is -2.41. The van der Waals surface area contributed by atoms with Gasteiger partial charge >= 0.3 is 0 Å². The number of carbonyl (C=O) groups excluding carboxylic acids is 3. The van der Waals surface area contributed by atoms with Crippen molar-refractivity contribution in [3.05, 3.63) is 69.3 Å². The summed E-state index contributed by atoms with van der Waals surface area (Å²) in [5, 5.41) is 18.5. The summed E-state index contributed by atoms with van der Waals surface area (Å²) in [7, 11) is 1.53. The molecule has 2 rings (SSSR count). The second-order valence-electron chi connectivity index (χ2n) is 6.10. The van der Waals surface area contributed by atoms with Crippen molar-refractivity contribution >= 4 is 29.1 Å². The Bertz CT molecular complexity index is 942. The molecule has 1 unspecified atom stereocenters. The number of hydrogen-bond donors (Lipinski definition) is 3. The molecule has 3 N–H and O–H groups in total. The van der Waals surface area contributed by atoms with Crippen molar-refractivity contribution in [2.75, 3.05) is 12.4 Å². The number of non-ortho nitro benzene ring substituents is 1. The topological polar surface area (TPSA) is 130 Å². The van der Waals surface area contributed by atoms with Crippen LogP contribution in [0.5, 0.6) is 0 Å². The highest BCUT2D eigenvalue weighted by atomic mass is 16.6. The molecule has 0 aliphatic heterocycles. The van der Waals surface area contributed by atoms with Crippen molar-refractivity contribution in [2.24, 2.45) is 0 Å². The van der Waals surface area contributed by atoms with Gasteiger partial charge in [-0.3, -0.25) is 24.5 Å². The van der Waals surface area contributed by atoms with Crippen LogP contribution >= 0.6 is 0 Å². The van der Waals surface area contributed by atoms with Crippen molar-refractivity contribution in [3.8, 4) is 0 Å². The van der Waals surface area contributed by atoms with Gasteiger partial charge in [-0.05, 0) is 43.7 Å². The van der Waals surface area contributed by atoms with Gasteiger partial charge in [0.15, 0.2) is 0 Å². The molecule has 0 aliphatic rings. The minimum absolute atomic E-state index is 0.0833. The Hall–Kier alpha value is -3.75. The number of hydrogen-bond acceptors (Lipinski definition) is 5. The van der Waals surface area contributed by atoms with Crippen LogP contribution in [0.4, 0.5) is 11.4 Å². The number of amides is 3. The maximum atomic E-state index is 12.4. The van der Waals surface area contributed by atoms with Gasteiger partial charge in [0.25, 0.3) is 17.5 Å². The van der Waals surface area contributed by atoms with Crippen molar-refractivity contribution in [2.45, 2.75) is 19.9 Å². The van der Waals surface area contributed by atoms with E-state index in [2.05, 4.69) is 16.0 Å². The molecule has 3 amide bonds. The van der Waals surface area contributed by atoms with Gasteiger partial charge in [0.1, 0.15) is 6.04 Å². The molecule has 28 heavy (non-hydrogen) atoms. The number of aryl methyl sites for hydroxylation is 1. The second-order valence-corrected chi connectivity index (χ2v) is 6.10. The molecule has 9 nitrogen and oxygen atoms in total. The van der Waals surface area contributed by atoms with E-state index in [1.165, 1.54) is 32.2 Å². The number of benzene rings is 2. The molecular weight excluding hydrogens is 364 g/mol. The fraction of sp³-hybridized carbons (Fsp3) is 0.211. The number of rotatable bonds is 6. The Kier molecular flexibility index (Phi) is 6.43. The maximum Gasteiger partial charge on any atom is 0.270 e. The van der Waals surface area contributed by atoms with E-state index in [9.17, 15) is 24.5 Å². The number of anilines is 1. The third kappa shape index (κ3) is 4.91. The van der Waals surface area contributed by atoms with E-state index in [1.807, 2.05) is 0 Å². The summed E-state index contributed by atoms with van der Waals surface area (Å²) >= 11 is 0. The summed E-state index contributed by atoms with van der Waals surface area (Å²) in [6.45, 7) is 3.24. The van der Waals surface area contributed by atoms with E-state index in [0.717, 1.165) is 6.07 Å². The number of nitrogens with zero attached hydrogens (tertiary/aromatic N) is 1. The smallest absolute Gasteiger partial charge is 0.270 e. The molecule has 0 bridgehead atoms. The van der Waals surface area contributed by atoms with E-state index in [0.29, 0.717) is 16.8 Å². The van der Waals surface area contributed by atoms with Crippen molar-refractivity contribution in [1.82, 2.24) is 10.6 Å². The lowest BCUT2D eigenvalue weighted by atomic mass is 10.1. The molecule has 2 aromatic carbocycles. The predicted molar refractivity (Wildman–Crippen MR) is 103 cm³/mol. The molecule has 146 valence electrons. The molecule has 0 saturated carbocycles. The van der Waals surface area contributed by atoms with Crippen LogP contribution in [0.1, 0.15) is 33.2 Å². The van der Waals surface area contributed by atoms with E-state index < -0.39 is 22.8 Å². The Morgan fingerprint density at radius 2 is 1.71 bits per heavy atom. The minimum atomic E-state index is -0.884. The van der Waals surface area contributed by atoms with Gasteiger partial charge in [0.2, 0.25) is 5.91 Å². The number of nitro benzene ring substituents is 1. The van der Waals surface area contributed by atoms with Crippen LogP contribution < -0.4 is 16.0 Å². The number of carbonyl (C=O) groups is 3. The van der Waals surface area contributed by atoms with Crippen LogP contribution in [0.2, 0.25) is 0 Å². The van der Waals surface area contributed by atoms with Crippen molar-refractivity contribution in [3.63, 3.8) is 0 Å². The molecule has 0 aromatic heterocycles. The summed E-state index contributed by atoms with van der Waals surface area (Å²) in [5.41, 5.74) is 1.53. The second kappa shape index (κ2) is 8.76. The zero-order chi connectivity index (χ0) is 20.8. The highest BCUT2D eigenvalue weighted by Gasteiger charge is 2.19. The first-order valence-electron chi connectivity index (χ1n) is 8.42. The Morgan fingerprint density at radius 1 is 1.04 bits per heavy atom. The fourth-order valence-corrected chi connectivity index (χ4v) is 2.44. The third-order valence-electron chi connectivity index (χ3n) is 4.03. The van der Waals surface area contributed by atoms with Gasteiger partial charge in [0, 0.05) is 36.0 Å². The summed E-state index contributed by atoms with van der Waals surface area (Å²) < 4.78 is 0. The molecule has 2 aromatic rings. The molecule has 0 heterocycles. The first-order valence-corrected chi connectivity index (χ1v) is 8.42. The van der Waals surface area contributed by atoms with Crippen molar-refractivity contribution < 1.29 is 19.3 Å². The number of nitrogens with one attached hydrogen (secondary N) is 3. The van der Waals surface area contributed by atoms with Crippen LogP contribution in [-0.4, -0.2) is 35.7 Å². The zero-order valence-corrected chi connectivity index (χ0v) is 15.6. The van der Waals surface area contributed by atoms with Crippen LogP contribution in [0.25, 0.3) is 0 Å². The molecule has 0 aliphatic carbocycles. The molecule has 1 atom stereocenters. The molecule has 0 saturated heterocycles. The Labute approximate surface area is 161 Å². The average molecular weight is 384 g/mol. The van der Waals surface area contributed by atoms with E-state index in [1.54, 1.807) is 25.1 Å². The normalized spacial score (nSPS) is 11.2. The van der Waals surface area contributed by atoms with Crippen LogP contribution in [0.15, 0.2) is 42.5 Å². The van der Waals surface area contributed by atoms with Gasteiger partial charge < -0.3 is 16.0 Å². The first kappa shape index (κ1) is 20.6. The fourth-order valence-electron chi connectivity index (χ4n) is 2.44. The minimum Gasteiger partial charge on any atom is -0.355 e. The van der Waals surface area contributed by atoms with Crippen LogP contribution in [-0.2, 0) is 4.79 Å². The molecule has 0 fully saturated rings. The molecule has 0 radical (unpaired) electrons. The third-order valence-corrected chi connectivity index (χ3v) is 4.03. The predicted octanol–water partition coefficient (Wildman–Crippen LogP) is 2.02. The zero-order valence-electron chi connectivity index (χ0n) is 15.6. The van der Waals surface area contributed by atoms with Crippen LogP contribution in [0, 0.1) is 17.0 Å². The lowest BCUT2D eigenvalue weighted by Gasteiger charge is -2.16. The monoisotopic (exact) mass is 384 g/mol. The average Bonchev–Trinajstić information content (AvgIpc) is 2.68. The van der Waals surface area contributed by atoms with Gasteiger partial charge in [0.05, 0.1) is 4.92 Å². The standard InChI is InChI=1S/C19H20N4O5/c1-11-9-14(18(25)20-3)7-8-16(11)22-17(24)12(2)21-19(26)13-5-4-6-15(10-13)23(27)28/h4-10,12H,1-3H3,(H,20,25)(H,21,26)(H,22,24). The summed E-state index contributed by atoms with van der Waals surface area (Å²) in [6, 6.07) is 9.18. The quantitative estimate of drug-likeness (QED) is 0.518. The largest absolute Gasteiger partial charge is 0.355 e. The number of nitro groups is 1. The molecule has 0 spiro atoms. The summed E-state index contributed by atoms with van der Waals surface area (Å²) in [6.07, 6.45) is 0. The SMILES string of the molecule is CNC(=O)c1ccc(NC(=O)C(C)NC(=O)c2cccc([N+](=O)[O-])c2)c(C)c1. The van der Waals surface area contributed by atoms with Gasteiger partial charge in [-0.1, -0.05) is 6.07 Å².